The molecule has 4 nitrogen and oxygen atoms in total. The third-order valence-electron chi connectivity index (χ3n) is 6.15. The first kappa shape index (κ1) is 22.8. The lowest BCUT2D eigenvalue weighted by molar-refractivity contribution is 0.114. The van der Waals surface area contributed by atoms with Crippen molar-refractivity contribution in [3.05, 3.63) is 63.4 Å². The van der Waals surface area contributed by atoms with Gasteiger partial charge in [-0.1, -0.05) is 23.7 Å². The van der Waals surface area contributed by atoms with Crippen LogP contribution < -0.4 is 5.56 Å². The maximum absolute atomic E-state index is 13.8. The van der Waals surface area contributed by atoms with Crippen molar-refractivity contribution in [2.75, 3.05) is 13.1 Å². The minimum absolute atomic E-state index is 0.0295. The van der Waals surface area contributed by atoms with E-state index in [9.17, 15) is 18.0 Å². The molecule has 0 saturated carbocycles. The average Bonchev–Trinajstić information content (AvgIpc) is 2.77. The van der Waals surface area contributed by atoms with Crippen molar-refractivity contribution in [2.45, 2.75) is 45.7 Å². The molecule has 1 saturated heterocycles. The topological polar surface area (TPSA) is 38.1 Å². The molecule has 2 heterocycles. The van der Waals surface area contributed by atoms with Gasteiger partial charge in [-0.2, -0.15) is 0 Å². The van der Waals surface area contributed by atoms with Crippen LogP contribution in [-0.2, 0) is 6.54 Å². The average molecular weight is 464 g/mol. The first-order valence-corrected chi connectivity index (χ1v) is 11.1. The van der Waals surface area contributed by atoms with Crippen LogP contribution in [0, 0.1) is 11.7 Å². The van der Waals surface area contributed by atoms with E-state index in [1.165, 1.54) is 12.1 Å². The van der Waals surface area contributed by atoms with Gasteiger partial charge in [0.2, 0.25) is 0 Å². The monoisotopic (exact) mass is 463 g/mol. The molecule has 1 fully saturated rings. The molecular formula is C24H25ClF3N3O. The summed E-state index contributed by atoms with van der Waals surface area (Å²) in [6.45, 7) is 6.17. The molecule has 1 aromatic heterocycles. The molecule has 8 heteroatoms. The SMILES string of the molecule is CC(C)N1CCC[C@H](Cn2c(C(F)F)nc3ccc(-c4ccc(F)c(Cl)c4)cc3c2=O)C1. The minimum Gasteiger partial charge on any atom is -0.301 e. The van der Waals surface area contributed by atoms with Crippen molar-refractivity contribution >= 4 is 22.5 Å². The van der Waals surface area contributed by atoms with Crippen molar-refractivity contribution < 1.29 is 13.2 Å². The number of alkyl halides is 2. The number of fused-ring (bicyclic) bond motifs is 1. The van der Waals surface area contributed by atoms with Crippen molar-refractivity contribution in [3.63, 3.8) is 0 Å². The van der Waals surface area contributed by atoms with Gasteiger partial charge in [-0.05, 0) is 74.5 Å². The van der Waals surface area contributed by atoms with Crippen molar-refractivity contribution in [2.24, 2.45) is 5.92 Å². The third kappa shape index (κ3) is 4.55. The second kappa shape index (κ2) is 9.24. The highest BCUT2D eigenvalue weighted by Crippen LogP contribution is 2.28. The molecule has 170 valence electrons. The van der Waals surface area contributed by atoms with E-state index >= 15 is 0 Å². The van der Waals surface area contributed by atoms with Crippen LogP contribution >= 0.6 is 11.6 Å². The summed E-state index contributed by atoms with van der Waals surface area (Å²) in [5.74, 6) is -0.939. The Kier molecular flexibility index (Phi) is 6.58. The fraction of sp³-hybridized carbons (Fsp3) is 0.417. The lowest BCUT2D eigenvalue weighted by Gasteiger charge is -2.35. The molecule has 3 aromatic rings. The fourth-order valence-electron chi connectivity index (χ4n) is 4.41. The summed E-state index contributed by atoms with van der Waals surface area (Å²) in [7, 11) is 0. The maximum atomic E-state index is 13.8. The van der Waals surface area contributed by atoms with Gasteiger partial charge in [-0.3, -0.25) is 9.36 Å². The number of likely N-dealkylation sites (tertiary alicyclic amines) is 1. The van der Waals surface area contributed by atoms with Crippen LogP contribution in [0.3, 0.4) is 0 Å². The van der Waals surface area contributed by atoms with Crippen molar-refractivity contribution in [1.82, 2.24) is 14.5 Å². The number of benzene rings is 2. The van der Waals surface area contributed by atoms with Gasteiger partial charge < -0.3 is 4.90 Å². The summed E-state index contributed by atoms with van der Waals surface area (Å²) in [6, 6.07) is 9.47. The van der Waals surface area contributed by atoms with Crippen LogP contribution in [0.1, 0.15) is 38.9 Å². The van der Waals surface area contributed by atoms with Gasteiger partial charge in [0, 0.05) is 19.1 Å². The van der Waals surface area contributed by atoms with Gasteiger partial charge in [0.05, 0.1) is 15.9 Å². The van der Waals surface area contributed by atoms with E-state index in [0.717, 1.165) is 30.5 Å². The Hall–Kier alpha value is -2.38. The summed E-state index contributed by atoms with van der Waals surface area (Å²) in [6.07, 6.45) is -1.00. The molecule has 0 bridgehead atoms. The van der Waals surface area contributed by atoms with E-state index in [4.69, 9.17) is 11.6 Å². The highest BCUT2D eigenvalue weighted by molar-refractivity contribution is 6.31. The van der Waals surface area contributed by atoms with E-state index in [1.807, 2.05) is 0 Å². The third-order valence-corrected chi connectivity index (χ3v) is 6.44. The Morgan fingerprint density at radius 3 is 2.56 bits per heavy atom. The van der Waals surface area contributed by atoms with Gasteiger partial charge in [-0.15, -0.1) is 0 Å². The van der Waals surface area contributed by atoms with E-state index in [0.29, 0.717) is 17.2 Å². The predicted octanol–water partition coefficient (Wildman–Crippen LogP) is 5.91. The second-order valence-corrected chi connectivity index (χ2v) is 9.05. The maximum Gasteiger partial charge on any atom is 0.295 e. The largest absolute Gasteiger partial charge is 0.301 e. The summed E-state index contributed by atoms with van der Waals surface area (Å²) in [5, 5.41) is 0.224. The van der Waals surface area contributed by atoms with E-state index in [2.05, 4.69) is 23.7 Å². The highest BCUT2D eigenvalue weighted by atomic mass is 35.5. The highest BCUT2D eigenvalue weighted by Gasteiger charge is 2.26. The van der Waals surface area contributed by atoms with Crippen LogP contribution in [0.4, 0.5) is 13.2 Å². The van der Waals surface area contributed by atoms with Crippen LogP contribution in [0.15, 0.2) is 41.2 Å². The zero-order valence-electron chi connectivity index (χ0n) is 18.0. The summed E-state index contributed by atoms with van der Waals surface area (Å²) >= 11 is 5.90. The molecule has 0 aliphatic carbocycles. The normalized spacial score (nSPS) is 17.6. The molecule has 1 aliphatic heterocycles. The number of aromatic nitrogens is 2. The first-order chi connectivity index (χ1) is 15.2. The van der Waals surface area contributed by atoms with Crippen LogP contribution in [0.5, 0.6) is 0 Å². The Bertz CT molecular complexity index is 1200. The van der Waals surface area contributed by atoms with Crippen molar-refractivity contribution in [1.29, 1.82) is 0 Å². The fourth-order valence-corrected chi connectivity index (χ4v) is 4.59. The molecule has 0 unspecified atom stereocenters. The Labute approximate surface area is 189 Å². The number of nitrogens with zero attached hydrogens (tertiary/aromatic N) is 3. The zero-order valence-corrected chi connectivity index (χ0v) is 18.7. The Morgan fingerprint density at radius 1 is 1.16 bits per heavy atom. The van der Waals surface area contributed by atoms with Gasteiger partial charge >= 0.3 is 0 Å². The summed E-state index contributed by atoms with van der Waals surface area (Å²) < 4.78 is 42.4. The first-order valence-electron chi connectivity index (χ1n) is 10.8. The molecule has 1 aliphatic rings. The quantitative estimate of drug-likeness (QED) is 0.472. The van der Waals surface area contributed by atoms with E-state index < -0.39 is 23.6 Å². The molecule has 0 radical (unpaired) electrons. The lowest BCUT2D eigenvalue weighted by atomic mass is 9.96. The minimum atomic E-state index is -2.85. The summed E-state index contributed by atoms with van der Waals surface area (Å²) in [5.41, 5.74) is 0.994. The molecule has 1 atom stereocenters. The number of rotatable bonds is 5. The van der Waals surface area contributed by atoms with E-state index in [1.54, 1.807) is 24.3 Å². The van der Waals surface area contributed by atoms with E-state index in [-0.39, 0.29) is 28.4 Å². The number of piperidine rings is 1. The molecule has 0 spiro atoms. The van der Waals surface area contributed by atoms with Gasteiger partial charge in [0.1, 0.15) is 5.82 Å². The molecule has 32 heavy (non-hydrogen) atoms. The standard InChI is InChI=1S/C24H25ClF3N3O/c1-14(2)30-9-3-4-15(12-30)13-31-23(22(27)28)29-21-8-6-16(10-18(21)24(31)32)17-5-7-20(26)19(25)11-17/h5-8,10-11,14-15,22H,3-4,9,12-13H2,1-2H3/t15-/m0/s1. The Morgan fingerprint density at radius 2 is 1.88 bits per heavy atom. The number of hydrogen-bond donors (Lipinski definition) is 0. The van der Waals surface area contributed by atoms with Gasteiger partial charge in [-0.25, -0.2) is 18.2 Å². The molecule has 2 aromatic carbocycles. The van der Waals surface area contributed by atoms with Crippen LogP contribution in [0.2, 0.25) is 5.02 Å². The van der Waals surface area contributed by atoms with Gasteiger partial charge in [0.25, 0.3) is 12.0 Å². The number of halogens is 4. The summed E-state index contributed by atoms with van der Waals surface area (Å²) in [4.78, 5) is 19.8. The zero-order chi connectivity index (χ0) is 23.0. The molecular weight excluding hydrogens is 439 g/mol. The van der Waals surface area contributed by atoms with Crippen LogP contribution in [0.25, 0.3) is 22.0 Å². The predicted molar refractivity (Wildman–Crippen MR) is 121 cm³/mol. The molecule has 0 amide bonds. The number of hydrogen-bond acceptors (Lipinski definition) is 3. The molecule has 0 N–H and O–H groups in total. The molecule has 4 rings (SSSR count). The second-order valence-electron chi connectivity index (χ2n) is 8.64. The smallest absolute Gasteiger partial charge is 0.295 e. The Balaban J connectivity index is 1.77. The van der Waals surface area contributed by atoms with Gasteiger partial charge in [0.15, 0.2) is 5.82 Å². The lowest BCUT2D eigenvalue weighted by Crippen LogP contribution is -2.42. The van der Waals surface area contributed by atoms with Crippen LogP contribution in [-0.4, -0.2) is 33.6 Å². The van der Waals surface area contributed by atoms with Crippen molar-refractivity contribution in [3.8, 4) is 11.1 Å².